The Labute approximate surface area is 114 Å². The summed E-state index contributed by atoms with van der Waals surface area (Å²) in [6.45, 7) is 5.93. The highest BCUT2D eigenvalue weighted by atomic mass is 32.2. The van der Waals surface area contributed by atoms with Gasteiger partial charge in [-0.25, -0.2) is 0 Å². The van der Waals surface area contributed by atoms with Gasteiger partial charge in [0.1, 0.15) is 0 Å². The maximum absolute atomic E-state index is 11.5. The van der Waals surface area contributed by atoms with Crippen molar-refractivity contribution in [3.8, 4) is 0 Å². The molecule has 0 saturated heterocycles. The number of hydrogen-bond acceptors (Lipinski definition) is 3. The molecular weight excluding hydrogens is 264 g/mol. The number of hydrogen-bond donors (Lipinski definition) is 2. The van der Waals surface area contributed by atoms with Gasteiger partial charge in [0.05, 0.1) is 11.5 Å². The van der Waals surface area contributed by atoms with Gasteiger partial charge in [0.15, 0.2) is 0 Å². The van der Waals surface area contributed by atoms with E-state index in [4.69, 9.17) is 0 Å². The summed E-state index contributed by atoms with van der Waals surface area (Å²) in [4.78, 5) is -0.0809. The second kappa shape index (κ2) is 4.30. The molecule has 1 aliphatic rings. The standard InChI is InChI=1S/C14H20O4S/c1-10-4-5-12(19(16,17)18)11(6-10)14(9-15)7-13(2,3)8-14/h4-6,15H,7-9H2,1-3H3,(H,16,17,18). The molecule has 0 aliphatic heterocycles. The van der Waals surface area contributed by atoms with Crippen LogP contribution >= 0.6 is 0 Å². The predicted octanol–water partition coefficient (Wildman–Crippen LogP) is 2.29. The molecule has 0 amide bonds. The smallest absolute Gasteiger partial charge is 0.294 e. The summed E-state index contributed by atoms with van der Waals surface area (Å²) in [5.41, 5.74) is 0.987. The highest BCUT2D eigenvalue weighted by molar-refractivity contribution is 7.85. The molecule has 0 radical (unpaired) electrons. The van der Waals surface area contributed by atoms with Gasteiger partial charge >= 0.3 is 0 Å². The third-order valence-corrected chi connectivity index (χ3v) is 4.83. The van der Waals surface area contributed by atoms with Gasteiger partial charge in [0, 0.05) is 5.41 Å². The van der Waals surface area contributed by atoms with E-state index in [-0.39, 0.29) is 16.9 Å². The zero-order valence-corrected chi connectivity index (χ0v) is 12.3. The Morgan fingerprint density at radius 3 is 2.26 bits per heavy atom. The minimum Gasteiger partial charge on any atom is -0.395 e. The molecule has 0 spiro atoms. The van der Waals surface area contributed by atoms with Crippen molar-refractivity contribution in [3.05, 3.63) is 29.3 Å². The van der Waals surface area contributed by atoms with E-state index in [0.717, 1.165) is 5.56 Å². The molecule has 5 heteroatoms. The van der Waals surface area contributed by atoms with E-state index in [9.17, 15) is 18.1 Å². The molecule has 19 heavy (non-hydrogen) atoms. The average Bonchev–Trinajstić information content (AvgIpc) is 2.23. The Morgan fingerprint density at radius 1 is 1.26 bits per heavy atom. The lowest BCUT2D eigenvalue weighted by Gasteiger charge is -2.53. The van der Waals surface area contributed by atoms with Crippen molar-refractivity contribution in [2.45, 2.75) is 43.9 Å². The Bertz CT molecular complexity index is 594. The van der Waals surface area contributed by atoms with Crippen LogP contribution < -0.4 is 0 Å². The molecule has 0 aromatic heterocycles. The van der Waals surface area contributed by atoms with Crippen LogP contribution in [-0.4, -0.2) is 24.7 Å². The fraction of sp³-hybridized carbons (Fsp3) is 0.571. The number of aryl methyl sites for hydroxylation is 1. The fourth-order valence-corrected chi connectivity index (χ4v) is 4.24. The monoisotopic (exact) mass is 284 g/mol. The fourth-order valence-electron chi connectivity index (χ4n) is 3.45. The first kappa shape index (κ1) is 14.5. The summed E-state index contributed by atoms with van der Waals surface area (Å²) in [6, 6.07) is 4.83. The van der Waals surface area contributed by atoms with Crippen LogP contribution in [0, 0.1) is 12.3 Å². The molecule has 1 saturated carbocycles. The highest BCUT2D eigenvalue weighted by Gasteiger charge is 2.51. The molecule has 1 aromatic rings. The molecule has 4 nitrogen and oxygen atoms in total. The molecule has 106 valence electrons. The van der Waals surface area contributed by atoms with Crippen LogP contribution in [0.4, 0.5) is 0 Å². The molecule has 2 rings (SSSR count). The van der Waals surface area contributed by atoms with E-state index in [1.54, 1.807) is 12.1 Å². The molecule has 1 fully saturated rings. The lowest BCUT2D eigenvalue weighted by molar-refractivity contribution is 0.00754. The van der Waals surface area contributed by atoms with Crippen LogP contribution in [0.5, 0.6) is 0 Å². The molecule has 1 aromatic carbocycles. The van der Waals surface area contributed by atoms with Crippen molar-refractivity contribution < 1.29 is 18.1 Å². The normalized spacial score (nSPS) is 20.9. The second-order valence-corrected chi connectivity index (χ2v) is 7.82. The molecule has 2 N–H and O–H groups in total. The molecule has 1 aliphatic carbocycles. The van der Waals surface area contributed by atoms with Gasteiger partial charge in [-0.3, -0.25) is 4.55 Å². The largest absolute Gasteiger partial charge is 0.395 e. The van der Waals surface area contributed by atoms with E-state index >= 15 is 0 Å². The SMILES string of the molecule is Cc1ccc(S(=O)(=O)O)c(C2(CO)CC(C)(C)C2)c1. The third-order valence-electron chi connectivity index (χ3n) is 3.92. The zero-order valence-electron chi connectivity index (χ0n) is 11.5. The van der Waals surface area contributed by atoms with Crippen molar-refractivity contribution >= 4 is 10.1 Å². The first-order chi connectivity index (χ1) is 8.60. The number of aliphatic hydroxyl groups excluding tert-OH is 1. The van der Waals surface area contributed by atoms with Crippen LogP contribution in [0.25, 0.3) is 0 Å². The van der Waals surface area contributed by atoms with Crippen LogP contribution in [-0.2, 0) is 15.5 Å². The second-order valence-electron chi connectivity index (χ2n) is 6.43. The topological polar surface area (TPSA) is 74.6 Å². The van der Waals surface area contributed by atoms with Crippen molar-refractivity contribution in [1.82, 2.24) is 0 Å². The number of rotatable bonds is 3. The van der Waals surface area contributed by atoms with Crippen LogP contribution in [0.1, 0.15) is 37.8 Å². The van der Waals surface area contributed by atoms with E-state index in [1.165, 1.54) is 6.07 Å². The molecular formula is C14H20O4S. The third kappa shape index (κ3) is 2.55. The molecule has 0 bridgehead atoms. The van der Waals surface area contributed by atoms with Gasteiger partial charge in [-0.2, -0.15) is 8.42 Å². The van der Waals surface area contributed by atoms with E-state index in [0.29, 0.717) is 18.4 Å². The Hall–Kier alpha value is -0.910. The average molecular weight is 284 g/mol. The molecule has 0 unspecified atom stereocenters. The van der Waals surface area contributed by atoms with Crippen molar-refractivity contribution in [2.24, 2.45) is 5.41 Å². The van der Waals surface area contributed by atoms with Crippen LogP contribution in [0.15, 0.2) is 23.1 Å². The molecule has 0 atom stereocenters. The summed E-state index contributed by atoms with van der Waals surface area (Å²) in [5.74, 6) is 0. The molecule has 0 heterocycles. The summed E-state index contributed by atoms with van der Waals surface area (Å²) >= 11 is 0. The minimum atomic E-state index is -4.27. The van der Waals surface area contributed by atoms with Gasteiger partial charge in [0.2, 0.25) is 0 Å². The van der Waals surface area contributed by atoms with Crippen molar-refractivity contribution in [1.29, 1.82) is 0 Å². The summed E-state index contributed by atoms with van der Waals surface area (Å²) in [6.07, 6.45) is 1.42. The van der Waals surface area contributed by atoms with Gasteiger partial charge in [-0.05, 0) is 36.8 Å². The Morgan fingerprint density at radius 2 is 1.84 bits per heavy atom. The first-order valence-corrected chi connectivity index (χ1v) is 7.73. The lowest BCUT2D eigenvalue weighted by atomic mass is 9.52. The van der Waals surface area contributed by atoms with Gasteiger partial charge in [0.25, 0.3) is 10.1 Å². The van der Waals surface area contributed by atoms with Crippen molar-refractivity contribution in [3.63, 3.8) is 0 Å². The van der Waals surface area contributed by atoms with E-state index in [2.05, 4.69) is 13.8 Å². The maximum Gasteiger partial charge on any atom is 0.294 e. The van der Waals surface area contributed by atoms with Gasteiger partial charge in [-0.1, -0.05) is 31.5 Å². The summed E-state index contributed by atoms with van der Waals surface area (Å²) < 4.78 is 32.4. The van der Waals surface area contributed by atoms with Crippen molar-refractivity contribution in [2.75, 3.05) is 6.61 Å². The Balaban J connectivity index is 2.59. The quantitative estimate of drug-likeness (QED) is 0.835. The first-order valence-electron chi connectivity index (χ1n) is 6.29. The summed E-state index contributed by atoms with van der Waals surface area (Å²) in [5, 5.41) is 9.73. The maximum atomic E-state index is 11.5. The van der Waals surface area contributed by atoms with Crippen LogP contribution in [0.3, 0.4) is 0 Å². The Kier molecular flexibility index (Phi) is 3.28. The minimum absolute atomic E-state index is 0.0809. The number of aliphatic hydroxyl groups is 1. The number of benzene rings is 1. The van der Waals surface area contributed by atoms with E-state index < -0.39 is 15.5 Å². The zero-order chi connectivity index (χ0) is 14.5. The van der Waals surface area contributed by atoms with E-state index in [1.807, 2.05) is 6.92 Å². The van der Waals surface area contributed by atoms with Gasteiger partial charge in [-0.15, -0.1) is 0 Å². The lowest BCUT2D eigenvalue weighted by Crippen LogP contribution is -2.49. The predicted molar refractivity (Wildman–Crippen MR) is 72.8 cm³/mol. The summed E-state index contributed by atoms with van der Waals surface area (Å²) in [7, 11) is -4.27. The van der Waals surface area contributed by atoms with Crippen LogP contribution in [0.2, 0.25) is 0 Å². The highest BCUT2D eigenvalue weighted by Crippen LogP contribution is 2.56. The van der Waals surface area contributed by atoms with Gasteiger partial charge < -0.3 is 5.11 Å².